The summed E-state index contributed by atoms with van der Waals surface area (Å²) in [5, 5.41) is 11.4. The molecule has 0 amide bonds. The molecule has 3 fully saturated rings. The lowest BCUT2D eigenvalue weighted by atomic mass is 9.96. The number of esters is 1. The van der Waals surface area contributed by atoms with E-state index in [1.54, 1.807) is 0 Å². The van der Waals surface area contributed by atoms with E-state index in [1.807, 2.05) is 121 Å². The van der Waals surface area contributed by atoms with Crippen LogP contribution in [0, 0.1) is 0 Å². The third kappa shape index (κ3) is 9.95. The lowest BCUT2D eigenvalue weighted by Gasteiger charge is -2.49. The summed E-state index contributed by atoms with van der Waals surface area (Å²) in [5.74, 6) is -0.564. The standard InChI is InChI=1S/C42H46O11/c1-28(43)49-38-37-36(27-48-41(52-37)32-20-12-5-13-21-32)50-40(44)39(38)53-42-34(47-25-31-18-10-4-11-19-31)22-33(46-24-30-16-8-3-9-17-30)35(51-42)26-45-23-29-14-6-2-7-15-29/h2-21,33-42,44H,22-27H2,1H3/t33-,34+,35+,36+,37+,38-,39+,40-,41?,42+/m0/s1. The molecule has 0 bridgehead atoms. The van der Waals surface area contributed by atoms with Crippen molar-refractivity contribution in [2.75, 3.05) is 13.2 Å². The Hall–Kier alpha value is -4.01. The SMILES string of the molecule is CC(=O)O[C@@H]1[C@@H](O[C@H]2O[C@H](COCc3ccccc3)[C@@H](OCc3ccccc3)C[C@H]2OCc2ccccc2)[C@@H](O)O[C@@H]2COC(c3ccccc3)O[C@@H]12. The number of ether oxygens (including phenoxy) is 9. The van der Waals surface area contributed by atoms with Gasteiger partial charge in [-0.2, -0.15) is 0 Å². The normalized spacial score (nSPS) is 29.9. The molecular weight excluding hydrogens is 680 g/mol. The minimum absolute atomic E-state index is 0.107. The molecule has 0 aromatic heterocycles. The molecule has 3 heterocycles. The minimum atomic E-state index is -1.50. The molecule has 3 aliphatic rings. The Kier molecular flexibility index (Phi) is 12.9. The molecule has 0 aliphatic carbocycles. The van der Waals surface area contributed by atoms with Crippen LogP contribution in [0.3, 0.4) is 0 Å². The maximum Gasteiger partial charge on any atom is 0.303 e. The second kappa shape index (κ2) is 18.4. The molecule has 4 aromatic rings. The number of rotatable bonds is 14. The number of aliphatic hydroxyl groups is 1. The van der Waals surface area contributed by atoms with Gasteiger partial charge < -0.3 is 47.7 Å². The van der Waals surface area contributed by atoms with Crippen molar-refractivity contribution in [1.29, 1.82) is 0 Å². The van der Waals surface area contributed by atoms with Crippen LogP contribution in [-0.4, -0.2) is 79.6 Å². The fourth-order valence-corrected chi connectivity index (χ4v) is 6.82. The maximum absolute atomic E-state index is 12.5. The number of fused-ring (bicyclic) bond motifs is 1. The van der Waals surface area contributed by atoms with Gasteiger partial charge in [-0.15, -0.1) is 0 Å². The highest BCUT2D eigenvalue weighted by atomic mass is 16.8. The molecule has 280 valence electrons. The molecule has 1 N–H and O–H groups in total. The zero-order chi connectivity index (χ0) is 36.4. The first kappa shape index (κ1) is 37.3. The van der Waals surface area contributed by atoms with Gasteiger partial charge in [-0.05, 0) is 16.7 Å². The number of hydrogen-bond donors (Lipinski definition) is 1. The van der Waals surface area contributed by atoms with Gasteiger partial charge in [-0.3, -0.25) is 4.79 Å². The first-order valence-electron chi connectivity index (χ1n) is 18.1. The summed E-state index contributed by atoms with van der Waals surface area (Å²) in [7, 11) is 0. The molecule has 11 nitrogen and oxygen atoms in total. The molecule has 3 aliphatic heterocycles. The van der Waals surface area contributed by atoms with Gasteiger partial charge >= 0.3 is 5.97 Å². The highest BCUT2D eigenvalue weighted by molar-refractivity contribution is 5.66. The van der Waals surface area contributed by atoms with Crippen molar-refractivity contribution < 1.29 is 52.5 Å². The van der Waals surface area contributed by atoms with Crippen LogP contribution >= 0.6 is 0 Å². The van der Waals surface area contributed by atoms with Crippen molar-refractivity contribution in [3.05, 3.63) is 144 Å². The second-order valence-corrected chi connectivity index (χ2v) is 13.4. The Morgan fingerprint density at radius 3 is 1.87 bits per heavy atom. The molecule has 4 aromatic carbocycles. The smallest absolute Gasteiger partial charge is 0.303 e. The van der Waals surface area contributed by atoms with Crippen molar-refractivity contribution in [2.45, 2.75) is 94.8 Å². The van der Waals surface area contributed by atoms with Crippen molar-refractivity contribution in [2.24, 2.45) is 0 Å². The van der Waals surface area contributed by atoms with Crippen LogP contribution in [0.1, 0.15) is 41.9 Å². The third-order valence-corrected chi connectivity index (χ3v) is 9.47. The average molecular weight is 727 g/mol. The average Bonchev–Trinajstić information content (AvgIpc) is 3.19. The molecule has 1 unspecified atom stereocenters. The van der Waals surface area contributed by atoms with Gasteiger partial charge in [0, 0.05) is 18.9 Å². The van der Waals surface area contributed by atoms with Gasteiger partial charge in [-0.25, -0.2) is 0 Å². The van der Waals surface area contributed by atoms with Gasteiger partial charge in [0.25, 0.3) is 0 Å². The predicted molar refractivity (Wildman–Crippen MR) is 191 cm³/mol. The van der Waals surface area contributed by atoms with Crippen LogP contribution in [0.2, 0.25) is 0 Å². The van der Waals surface area contributed by atoms with Crippen molar-refractivity contribution in [3.8, 4) is 0 Å². The summed E-state index contributed by atoms with van der Waals surface area (Å²) in [6.07, 6.45) is -8.35. The molecule has 53 heavy (non-hydrogen) atoms. The summed E-state index contributed by atoms with van der Waals surface area (Å²) in [5.41, 5.74) is 3.79. The maximum atomic E-state index is 12.5. The summed E-state index contributed by atoms with van der Waals surface area (Å²) >= 11 is 0. The van der Waals surface area contributed by atoms with Crippen LogP contribution < -0.4 is 0 Å². The zero-order valence-corrected chi connectivity index (χ0v) is 29.6. The van der Waals surface area contributed by atoms with Gasteiger partial charge in [0.05, 0.1) is 39.1 Å². The topological polar surface area (TPSA) is 120 Å². The van der Waals surface area contributed by atoms with Crippen molar-refractivity contribution in [3.63, 3.8) is 0 Å². The first-order chi connectivity index (χ1) is 26.0. The van der Waals surface area contributed by atoms with E-state index in [1.165, 1.54) is 6.92 Å². The van der Waals surface area contributed by atoms with Crippen molar-refractivity contribution >= 4 is 5.97 Å². The number of aliphatic hydroxyl groups excluding tert-OH is 1. The van der Waals surface area contributed by atoms with E-state index in [0.29, 0.717) is 19.6 Å². The zero-order valence-electron chi connectivity index (χ0n) is 29.6. The number of carbonyl (C=O) groups is 1. The van der Waals surface area contributed by atoms with E-state index in [0.717, 1.165) is 22.3 Å². The monoisotopic (exact) mass is 726 g/mol. The molecule has 0 spiro atoms. The molecule has 0 saturated carbocycles. The summed E-state index contributed by atoms with van der Waals surface area (Å²) in [4.78, 5) is 12.5. The Labute approximate surface area is 309 Å². The molecule has 7 rings (SSSR count). The summed E-state index contributed by atoms with van der Waals surface area (Å²) < 4.78 is 56.7. The predicted octanol–water partition coefficient (Wildman–Crippen LogP) is 5.64. The highest BCUT2D eigenvalue weighted by Crippen LogP contribution is 2.38. The summed E-state index contributed by atoms with van der Waals surface area (Å²) in [6.45, 7) is 2.61. The molecule has 0 radical (unpaired) electrons. The quantitative estimate of drug-likeness (QED) is 0.163. The fraction of sp³-hybridized carbons (Fsp3) is 0.405. The fourth-order valence-electron chi connectivity index (χ4n) is 6.82. The van der Waals surface area contributed by atoms with Crippen LogP contribution in [0.4, 0.5) is 0 Å². The van der Waals surface area contributed by atoms with E-state index >= 15 is 0 Å². The Morgan fingerprint density at radius 1 is 0.698 bits per heavy atom. The van der Waals surface area contributed by atoms with E-state index in [-0.39, 0.29) is 19.8 Å². The lowest BCUT2D eigenvalue weighted by molar-refractivity contribution is -0.386. The van der Waals surface area contributed by atoms with E-state index in [4.69, 9.17) is 42.6 Å². The number of hydrogen-bond acceptors (Lipinski definition) is 11. The molecular formula is C42H46O11. The number of carbonyl (C=O) groups excluding carboxylic acids is 1. The minimum Gasteiger partial charge on any atom is -0.457 e. The van der Waals surface area contributed by atoms with Crippen molar-refractivity contribution in [1.82, 2.24) is 0 Å². The molecule has 10 atom stereocenters. The van der Waals surface area contributed by atoms with Gasteiger partial charge in [-0.1, -0.05) is 121 Å². The second-order valence-electron chi connectivity index (χ2n) is 13.4. The van der Waals surface area contributed by atoms with Crippen LogP contribution in [-0.2, 0) is 67.2 Å². The molecule has 11 heteroatoms. The molecule has 3 saturated heterocycles. The highest BCUT2D eigenvalue weighted by Gasteiger charge is 2.54. The van der Waals surface area contributed by atoms with Gasteiger partial charge in [0.15, 0.2) is 31.1 Å². The third-order valence-electron chi connectivity index (χ3n) is 9.47. The van der Waals surface area contributed by atoms with Crippen LogP contribution in [0.25, 0.3) is 0 Å². The largest absolute Gasteiger partial charge is 0.457 e. The number of benzene rings is 4. The van der Waals surface area contributed by atoms with Crippen LogP contribution in [0.5, 0.6) is 0 Å². The van der Waals surface area contributed by atoms with E-state index < -0.39 is 67.6 Å². The van der Waals surface area contributed by atoms with Gasteiger partial charge in [0.2, 0.25) is 0 Å². The summed E-state index contributed by atoms with van der Waals surface area (Å²) in [6, 6.07) is 39.0. The van der Waals surface area contributed by atoms with Crippen LogP contribution in [0.15, 0.2) is 121 Å². The Morgan fingerprint density at radius 2 is 1.26 bits per heavy atom. The lowest BCUT2D eigenvalue weighted by Crippen LogP contribution is -2.65. The Bertz CT molecular complexity index is 1680. The van der Waals surface area contributed by atoms with E-state index in [2.05, 4.69) is 0 Å². The van der Waals surface area contributed by atoms with Gasteiger partial charge in [0.1, 0.15) is 24.4 Å². The Balaban J connectivity index is 1.13. The van der Waals surface area contributed by atoms with E-state index in [9.17, 15) is 9.90 Å². The first-order valence-corrected chi connectivity index (χ1v) is 18.1.